The smallest absolute Gasteiger partial charge is 0.386 e. The fourth-order valence-corrected chi connectivity index (χ4v) is 4.92. The quantitative estimate of drug-likeness (QED) is 0.163. The number of ether oxygens (including phenoxy) is 1. The third-order valence-electron chi connectivity index (χ3n) is 4.33. The highest BCUT2D eigenvalue weighted by molar-refractivity contribution is 7.60. The minimum absolute atomic E-state index is 0.465. The highest BCUT2D eigenvalue weighted by Crippen LogP contribution is 2.61. The molecule has 30 heavy (non-hydrogen) atoms. The third-order valence-corrected chi connectivity index (χ3v) is 6.97. The number of phosphoric acid groups is 2. The lowest BCUT2D eigenvalue weighted by atomic mass is 9.59. The van der Waals surface area contributed by atoms with E-state index in [1.165, 1.54) is 0 Å². The molecule has 6 N–H and O–H groups in total. The fraction of sp³-hybridized carbons (Fsp3) is 0.556. The van der Waals surface area contributed by atoms with Gasteiger partial charge >= 0.3 is 21.3 Å². The Labute approximate surface area is 174 Å². The van der Waals surface area contributed by atoms with Crippen molar-refractivity contribution in [3.63, 3.8) is 0 Å². The van der Waals surface area contributed by atoms with Crippen molar-refractivity contribution >= 4 is 50.8 Å². The van der Waals surface area contributed by atoms with Gasteiger partial charge in [-0.3, -0.25) is 18.9 Å². The summed E-state index contributed by atoms with van der Waals surface area (Å²) in [6, 6.07) is 0. The molecule has 2 heterocycles. The maximum Gasteiger partial charge on any atom is 0.480 e. The summed E-state index contributed by atoms with van der Waals surface area (Å²) in [5, 5.41) is 17.4. The van der Waals surface area contributed by atoms with Gasteiger partial charge in [-0.05, 0) is 0 Å². The van der Waals surface area contributed by atoms with Crippen LogP contribution in [0, 0.1) is 0 Å². The standard InChI is InChI=1S/C9H15B3ClFN2O12P2/c10-8(16-1-2(13)5(19)15-6(16)20)4(18)3(17)7(14,26-8)9(11,12)27-30(24,25)28-29(21,22)23/h1,3-4,17-18H,10-12H2,(H,24,25)(H,15,19,20)(H2,21,22,23)/t3-,4+,7-,8-/m0/s1. The van der Waals surface area contributed by atoms with Crippen molar-refractivity contribution in [1.29, 1.82) is 0 Å². The molecule has 14 nitrogen and oxygen atoms in total. The normalized spacial score (nSPS) is 32.1. The Morgan fingerprint density at radius 1 is 1.27 bits per heavy atom. The molecule has 1 aromatic rings. The van der Waals surface area contributed by atoms with E-state index in [-0.39, 0.29) is 0 Å². The van der Waals surface area contributed by atoms with Gasteiger partial charge < -0.3 is 29.6 Å². The van der Waals surface area contributed by atoms with E-state index in [1.54, 1.807) is 4.98 Å². The predicted molar refractivity (Wildman–Crippen MR) is 104 cm³/mol. The number of aliphatic hydroxyl groups is 2. The summed E-state index contributed by atoms with van der Waals surface area (Å²) in [6.07, 6.45) is -4.07. The van der Waals surface area contributed by atoms with Crippen LogP contribution in [0.1, 0.15) is 0 Å². The lowest BCUT2D eigenvalue weighted by Gasteiger charge is -2.40. The summed E-state index contributed by atoms with van der Waals surface area (Å²) >= 11 is 5.64. The molecule has 1 unspecified atom stereocenters. The minimum Gasteiger partial charge on any atom is -0.386 e. The fourth-order valence-electron chi connectivity index (χ4n) is 2.87. The van der Waals surface area contributed by atoms with Crippen LogP contribution < -0.4 is 11.2 Å². The van der Waals surface area contributed by atoms with Crippen molar-refractivity contribution in [3.05, 3.63) is 32.1 Å². The Hall–Kier alpha value is -0.765. The Morgan fingerprint density at radius 3 is 2.30 bits per heavy atom. The number of rotatable bonds is 6. The average molecular weight is 492 g/mol. The second-order valence-corrected chi connectivity index (χ2v) is 10.1. The van der Waals surface area contributed by atoms with Gasteiger partial charge in [-0.1, -0.05) is 11.6 Å². The van der Waals surface area contributed by atoms with Gasteiger partial charge in [-0.15, -0.1) is 0 Å². The number of aliphatic hydroxyl groups excluding tert-OH is 2. The largest absolute Gasteiger partial charge is 0.480 e. The van der Waals surface area contributed by atoms with Crippen LogP contribution >= 0.6 is 27.2 Å². The van der Waals surface area contributed by atoms with E-state index in [1.807, 2.05) is 0 Å². The summed E-state index contributed by atoms with van der Waals surface area (Å²) < 4.78 is 52.0. The van der Waals surface area contributed by atoms with E-state index in [0.717, 1.165) is 23.5 Å². The zero-order valence-corrected chi connectivity index (χ0v) is 18.0. The van der Waals surface area contributed by atoms with E-state index >= 15 is 4.39 Å². The number of aromatic amines is 1. The van der Waals surface area contributed by atoms with Crippen LogP contribution in [-0.4, -0.2) is 81.4 Å². The molecule has 0 aromatic carbocycles. The molecule has 1 aliphatic heterocycles. The summed E-state index contributed by atoms with van der Waals surface area (Å²) in [5.41, 5.74) is -4.64. The molecule has 21 heteroatoms. The second kappa shape index (κ2) is 7.68. The lowest BCUT2D eigenvalue weighted by Crippen LogP contribution is -2.60. The highest BCUT2D eigenvalue weighted by atomic mass is 35.5. The number of H-pyrrole nitrogens is 1. The maximum absolute atomic E-state index is 15.7. The van der Waals surface area contributed by atoms with Gasteiger partial charge in [0.1, 0.15) is 38.5 Å². The lowest BCUT2D eigenvalue weighted by molar-refractivity contribution is -0.239. The van der Waals surface area contributed by atoms with Crippen LogP contribution in [0.3, 0.4) is 0 Å². The van der Waals surface area contributed by atoms with Crippen molar-refractivity contribution < 1.29 is 52.0 Å². The average Bonchev–Trinajstić information content (AvgIpc) is 2.70. The van der Waals surface area contributed by atoms with E-state index < -0.39 is 61.0 Å². The number of hydrogen-bond acceptors (Lipinski definition) is 9. The number of nitrogens with zero attached hydrogens (tertiary/aromatic N) is 1. The molecule has 1 aromatic heterocycles. The maximum atomic E-state index is 15.7. The SMILES string of the molecule is BC(B)(OP(=O)(O)OP(=O)(O)O)[C@@]1(F)O[C@@](B)(n2cc(Cl)c(=O)[nH]c2=O)[C@H](O)[C@@H]1O. The Morgan fingerprint density at radius 2 is 1.80 bits per heavy atom. The summed E-state index contributed by atoms with van der Waals surface area (Å²) in [6.45, 7) is 0. The zero-order valence-electron chi connectivity index (χ0n) is 15.4. The first-order valence-corrected chi connectivity index (χ1v) is 11.2. The van der Waals surface area contributed by atoms with Gasteiger partial charge in [0.15, 0.2) is 7.85 Å². The van der Waals surface area contributed by atoms with E-state index in [4.69, 9.17) is 26.1 Å². The van der Waals surface area contributed by atoms with Crippen molar-refractivity contribution in [2.75, 3.05) is 0 Å². The van der Waals surface area contributed by atoms with Crippen LogP contribution in [-0.2, 0) is 28.3 Å². The number of halogens is 2. The van der Waals surface area contributed by atoms with Gasteiger partial charge in [-0.2, -0.15) is 4.31 Å². The predicted octanol–water partition coefficient (Wildman–Crippen LogP) is -5.00. The molecule has 5 atom stereocenters. The number of hydrogen-bond donors (Lipinski definition) is 6. The van der Waals surface area contributed by atoms with Gasteiger partial charge in [-0.25, -0.2) is 18.3 Å². The van der Waals surface area contributed by atoms with Crippen LogP contribution in [0.4, 0.5) is 4.39 Å². The third kappa shape index (κ3) is 4.54. The van der Waals surface area contributed by atoms with E-state index in [2.05, 4.69) is 8.83 Å². The molecule has 0 saturated carbocycles. The Bertz CT molecular complexity index is 1060. The summed E-state index contributed by atoms with van der Waals surface area (Å²) in [5.74, 6) is -3.56. The first-order chi connectivity index (χ1) is 13.3. The molecular weight excluding hydrogens is 477 g/mol. The molecule has 1 aliphatic rings. The monoisotopic (exact) mass is 492 g/mol. The Balaban J connectivity index is 2.51. The van der Waals surface area contributed by atoms with Crippen molar-refractivity contribution in [1.82, 2.24) is 9.55 Å². The molecule has 166 valence electrons. The van der Waals surface area contributed by atoms with Gasteiger partial charge in [0.25, 0.3) is 11.4 Å². The van der Waals surface area contributed by atoms with Crippen molar-refractivity contribution in [3.8, 4) is 0 Å². The van der Waals surface area contributed by atoms with Crippen LogP contribution in [0.15, 0.2) is 15.8 Å². The van der Waals surface area contributed by atoms with E-state index in [0.29, 0.717) is 10.8 Å². The van der Waals surface area contributed by atoms with Crippen LogP contribution in [0.25, 0.3) is 0 Å². The second-order valence-electron chi connectivity index (χ2n) is 6.94. The zero-order chi connectivity index (χ0) is 23.5. The molecule has 2 rings (SSSR count). The molecule has 1 fully saturated rings. The molecule has 0 aliphatic carbocycles. The van der Waals surface area contributed by atoms with Crippen LogP contribution in [0.2, 0.25) is 5.02 Å². The molecule has 0 radical (unpaired) electrons. The minimum atomic E-state index is -5.63. The van der Waals surface area contributed by atoms with Crippen molar-refractivity contribution in [2.45, 2.75) is 29.1 Å². The molecule has 0 amide bonds. The number of nitrogens with one attached hydrogen (secondary N) is 1. The summed E-state index contributed by atoms with van der Waals surface area (Å²) in [4.78, 5) is 52.2. The molecule has 0 spiro atoms. The van der Waals surface area contributed by atoms with Crippen LogP contribution in [0.5, 0.6) is 0 Å². The number of phosphoric ester groups is 1. The summed E-state index contributed by atoms with van der Waals surface area (Å²) in [7, 11) is -8.77. The van der Waals surface area contributed by atoms with Gasteiger partial charge in [0.05, 0.1) is 5.40 Å². The number of aromatic nitrogens is 2. The molecular formula is C9H15B3ClFN2O12P2. The first-order valence-electron chi connectivity index (χ1n) is 7.83. The molecule has 0 bridgehead atoms. The molecule has 1 saturated heterocycles. The van der Waals surface area contributed by atoms with Crippen molar-refractivity contribution in [2.24, 2.45) is 0 Å². The highest BCUT2D eigenvalue weighted by Gasteiger charge is 2.69. The Kier molecular flexibility index (Phi) is 6.52. The van der Waals surface area contributed by atoms with Gasteiger partial charge in [0, 0.05) is 6.20 Å². The van der Waals surface area contributed by atoms with Gasteiger partial charge in [0.2, 0.25) is 0 Å². The topological polar surface area (TPSA) is 218 Å². The first kappa shape index (κ1) is 25.5. The number of alkyl halides is 1. The van der Waals surface area contributed by atoms with E-state index in [9.17, 15) is 33.8 Å².